The first kappa shape index (κ1) is 11.1. The zero-order valence-electron chi connectivity index (χ0n) is 9.73. The first-order valence-electron chi connectivity index (χ1n) is 5.52. The molecule has 4 heteroatoms. The molecule has 0 bridgehead atoms. The van der Waals surface area contributed by atoms with Gasteiger partial charge in [0, 0.05) is 31.7 Å². The SMILES string of the molecule is CNCC1(C(=O)N(C)c2ccncc2)CC1. The summed E-state index contributed by atoms with van der Waals surface area (Å²) in [5.74, 6) is 0.202. The summed E-state index contributed by atoms with van der Waals surface area (Å²) in [4.78, 5) is 18.0. The van der Waals surface area contributed by atoms with Gasteiger partial charge in [-0.3, -0.25) is 9.78 Å². The molecule has 1 aliphatic carbocycles. The highest BCUT2D eigenvalue weighted by molar-refractivity contribution is 5.99. The minimum Gasteiger partial charge on any atom is -0.319 e. The second-order valence-corrected chi connectivity index (χ2v) is 4.38. The van der Waals surface area contributed by atoms with Crippen molar-refractivity contribution in [3.8, 4) is 0 Å². The zero-order chi connectivity index (χ0) is 11.6. The number of carbonyl (C=O) groups is 1. The van der Waals surface area contributed by atoms with Gasteiger partial charge in [-0.05, 0) is 32.0 Å². The van der Waals surface area contributed by atoms with Crippen molar-refractivity contribution >= 4 is 11.6 Å². The van der Waals surface area contributed by atoms with Gasteiger partial charge in [-0.15, -0.1) is 0 Å². The average Bonchev–Trinajstić information content (AvgIpc) is 3.10. The van der Waals surface area contributed by atoms with E-state index in [1.807, 2.05) is 26.2 Å². The van der Waals surface area contributed by atoms with E-state index in [4.69, 9.17) is 0 Å². The Hall–Kier alpha value is -1.42. The maximum Gasteiger partial charge on any atom is 0.234 e. The summed E-state index contributed by atoms with van der Waals surface area (Å²) in [5.41, 5.74) is 0.745. The quantitative estimate of drug-likeness (QED) is 0.823. The molecule has 0 aliphatic heterocycles. The number of hydrogen-bond donors (Lipinski definition) is 1. The van der Waals surface area contributed by atoms with Gasteiger partial charge in [0.2, 0.25) is 5.91 Å². The Balaban J connectivity index is 2.11. The molecule has 1 N–H and O–H groups in total. The molecule has 2 rings (SSSR count). The molecule has 1 saturated carbocycles. The lowest BCUT2D eigenvalue weighted by Crippen LogP contribution is -2.39. The van der Waals surface area contributed by atoms with Crippen LogP contribution in [0.25, 0.3) is 0 Å². The Bertz CT molecular complexity index is 373. The number of hydrogen-bond acceptors (Lipinski definition) is 3. The van der Waals surface area contributed by atoms with Crippen molar-refractivity contribution in [2.24, 2.45) is 5.41 Å². The van der Waals surface area contributed by atoms with E-state index in [1.165, 1.54) is 0 Å². The van der Waals surface area contributed by atoms with Crippen LogP contribution in [0.2, 0.25) is 0 Å². The van der Waals surface area contributed by atoms with Crippen molar-refractivity contribution in [3.63, 3.8) is 0 Å². The van der Waals surface area contributed by atoms with Crippen molar-refractivity contribution < 1.29 is 4.79 Å². The molecule has 86 valence electrons. The van der Waals surface area contributed by atoms with Crippen molar-refractivity contribution in [1.29, 1.82) is 0 Å². The fraction of sp³-hybridized carbons (Fsp3) is 0.500. The zero-order valence-corrected chi connectivity index (χ0v) is 9.73. The predicted molar refractivity (Wildman–Crippen MR) is 63.2 cm³/mol. The number of anilines is 1. The molecule has 0 radical (unpaired) electrons. The number of rotatable bonds is 4. The second-order valence-electron chi connectivity index (χ2n) is 4.38. The molecule has 1 aromatic rings. The Morgan fingerprint density at radius 1 is 1.50 bits per heavy atom. The molecule has 1 heterocycles. The highest BCUT2D eigenvalue weighted by Crippen LogP contribution is 2.46. The molecular formula is C12H17N3O. The molecule has 1 amide bonds. The molecule has 0 saturated heterocycles. The van der Waals surface area contributed by atoms with Crippen LogP contribution in [0.15, 0.2) is 24.5 Å². The van der Waals surface area contributed by atoms with Crippen molar-refractivity contribution in [1.82, 2.24) is 10.3 Å². The van der Waals surface area contributed by atoms with E-state index in [2.05, 4.69) is 10.3 Å². The number of nitrogens with one attached hydrogen (secondary N) is 1. The summed E-state index contributed by atoms with van der Waals surface area (Å²) < 4.78 is 0. The average molecular weight is 219 g/mol. The van der Waals surface area contributed by atoms with Gasteiger partial charge in [0.15, 0.2) is 0 Å². The summed E-state index contributed by atoms with van der Waals surface area (Å²) in [5, 5.41) is 3.10. The van der Waals surface area contributed by atoms with Gasteiger partial charge in [-0.25, -0.2) is 0 Å². The number of aromatic nitrogens is 1. The van der Waals surface area contributed by atoms with E-state index in [0.717, 1.165) is 25.1 Å². The van der Waals surface area contributed by atoms with Crippen molar-refractivity contribution in [3.05, 3.63) is 24.5 Å². The van der Waals surface area contributed by atoms with Crippen LogP contribution in [-0.2, 0) is 4.79 Å². The van der Waals surface area contributed by atoms with Crippen LogP contribution in [0.5, 0.6) is 0 Å². The highest BCUT2D eigenvalue weighted by atomic mass is 16.2. The van der Waals surface area contributed by atoms with Crippen LogP contribution in [0.4, 0.5) is 5.69 Å². The van der Waals surface area contributed by atoms with Gasteiger partial charge in [-0.2, -0.15) is 0 Å². The first-order chi connectivity index (χ1) is 7.69. The Kier molecular flexibility index (Phi) is 2.92. The molecule has 0 spiro atoms. The van der Waals surface area contributed by atoms with Crippen LogP contribution in [0, 0.1) is 5.41 Å². The van der Waals surface area contributed by atoms with E-state index in [9.17, 15) is 4.79 Å². The number of carbonyl (C=O) groups excluding carboxylic acids is 1. The second kappa shape index (κ2) is 4.22. The Labute approximate surface area is 95.7 Å². The lowest BCUT2D eigenvalue weighted by atomic mass is 10.1. The van der Waals surface area contributed by atoms with E-state index < -0.39 is 0 Å². The van der Waals surface area contributed by atoms with Gasteiger partial charge in [-0.1, -0.05) is 0 Å². The third kappa shape index (κ3) is 1.93. The van der Waals surface area contributed by atoms with Gasteiger partial charge in [0.25, 0.3) is 0 Å². The van der Waals surface area contributed by atoms with E-state index >= 15 is 0 Å². The Morgan fingerprint density at radius 2 is 2.12 bits per heavy atom. The number of pyridine rings is 1. The molecule has 4 nitrogen and oxygen atoms in total. The largest absolute Gasteiger partial charge is 0.319 e. The van der Waals surface area contributed by atoms with E-state index in [0.29, 0.717) is 0 Å². The molecular weight excluding hydrogens is 202 g/mol. The molecule has 1 aromatic heterocycles. The standard InChI is InChI=1S/C12H17N3O/c1-13-9-12(5-6-12)11(16)15(2)10-3-7-14-8-4-10/h3-4,7-8,13H,5-6,9H2,1-2H3. The minimum atomic E-state index is -0.160. The van der Waals surface area contributed by atoms with Crippen LogP contribution in [0.3, 0.4) is 0 Å². The molecule has 0 aromatic carbocycles. The van der Waals surface area contributed by atoms with Crippen molar-refractivity contribution in [2.75, 3.05) is 25.5 Å². The fourth-order valence-corrected chi connectivity index (χ4v) is 2.00. The number of amides is 1. The predicted octanol–water partition coefficient (Wildman–Crippen LogP) is 1.04. The van der Waals surface area contributed by atoms with E-state index in [1.54, 1.807) is 17.3 Å². The lowest BCUT2D eigenvalue weighted by Gasteiger charge is -2.23. The maximum atomic E-state index is 12.3. The van der Waals surface area contributed by atoms with Gasteiger partial charge < -0.3 is 10.2 Å². The highest BCUT2D eigenvalue weighted by Gasteiger charge is 2.50. The summed E-state index contributed by atoms with van der Waals surface area (Å²) in [7, 11) is 3.72. The summed E-state index contributed by atoms with van der Waals surface area (Å²) in [6.45, 7) is 0.765. The minimum absolute atomic E-state index is 0.160. The lowest BCUT2D eigenvalue weighted by molar-refractivity contribution is -0.123. The topological polar surface area (TPSA) is 45.2 Å². The number of nitrogens with zero attached hydrogens (tertiary/aromatic N) is 2. The van der Waals surface area contributed by atoms with Gasteiger partial charge in [0.1, 0.15) is 0 Å². The van der Waals surface area contributed by atoms with Gasteiger partial charge in [0.05, 0.1) is 5.41 Å². The fourth-order valence-electron chi connectivity index (χ4n) is 2.00. The third-order valence-electron chi connectivity index (χ3n) is 3.18. The van der Waals surface area contributed by atoms with Crippen LogP contribution in [-0.4, -0.2) is 31.5 Å². The van der Waals surface area contributed by atoms with Crippen LogP contribution >= 0.6 is 0 Å². The first-order valence-corrected chi connectivity index (χ1v) is 5.52. The Morgan fingerprint density at radius 3 is 2.62 bits per heavy atom. The van der Waals surface area contributed by atoms with Crippen molar-refractivity contribution in [2.45, 2.75) is 12.8 Å². The molecule has 1 aliphatic rings. The van der Waals surface area contributed by atoms with E-state index in [-0.39, 0.29) is 11.3 Å². The summed E-state index contributed by atoms with van der Waals surface area (Å²) >= 11 is 0. The molecule has 0 atom stereocenters. The smallest absolute Gasteiger partial charge is 0.234 e. The maximum absolute atomic E-state index is 12.3. The molecule has 0 unspecified atom stereocenters. The third-order valence-corrected chi connectivity index (χ3v) is 3.18. The monoisotopic (exact) mass is 219 g/mol. The van der Waals surface area contributed by atoms with Crippen LogP contribution < -0.4 is 10.2 Å². The summed E-state index contributed by atoms with van der Waals surface area (Å²) in [6.07, 6.45) is 5.39. The van der Waals surface area contributed by atoms with Crippen LogP contribution in [0.1, 0.15) is 12.8 Å². The normalized spacial score (nSPS) is 16.9. The summed E-state index contributed by atoms with van der Waals surface area (Å²) in [6, 6.07) is 3.71. The van der Waals surface area contributed by atoms with Gasteiger partial charge >= 0.3 is 0 Å². The molecule has 1 fully saturated rings. The molecule has 16 heavy (non-hydrogen) atoms.